The predicted octanol–water partition coefficient (Wildman–Crippen LogP) is 1.41. The number of hydrogen-bond acceptors (Lipinski definition) is 2. The molecule has 0 amide bonds. The van der Waals surface area contributed by atoms with Crippen molar-refractivity contribution in [3.05, 3.63) is 0 Å². The second-order valence-corrected chi connectivity index (χ2v) is 2.99. The highest BCUT2D eigenvalue weighted by atomic mass is 16.5. The van der Waals surface area contributed by atoms with Crippen molar-refractivity contribution in [2.45, 2.75) is 38.8 Å². The van der Waals surface area contributed by atoms with E-state index in [9.17, 15) is 0 Å². The van der Waals surface area contributed by atoms with Crippen LogP contribution in [-0.2, 0) is 4.74 Å². The average Bonchev–Trinajstić information content (AvgIpc) is 2.10. The molecule has 12 heavy (non-hydrogen) atoms. The highest BCUT2D eigenvalue weighted by molar-refractivity contribution is 4.83. The molecule has 0 aliphatic heterocycles. The Morgan fingerprint density at radius 2 is 2.17 bits per heavy atom. The molecule has 2 atom stereocenters. The third-order valence-electron chi connectivity index (χ3n) is 2.04. The molecule has 0 rings (SSSR count). The first-order valence-corrected chi connectivity index (χ1v) is 4.42. The van der Waals surface area contributed by atoms with Gasteiger partial charge in [0.05, 0.1) is 6.10 Å². The third kappa shape index (κ3) is 5.17. The number of rotatable bonds is 6. The summed E-state index contributed by atoms with van der Waals surface area (Å²) in [6.07, 6.45) is 7.28. The highest BCUT2D eigenvalue weighted by Crippen LogP contribution is 1.96. The van der Waals surface area contributed by atoms with E-state index in [0.29, 0.717) is 6.04 Å². The quantitative estimate of drug-likeness (QED) is 0.479. The molecule has 2 nitrogen and oxygen atoms in total. The van der Waals surface area contributed by atoms with Crippen LogP contribution in [0.1, 0.15) is 26.7 Å². The molecule has 0 aromatic carbocycles. The first-order valence-electron chi connectivity index (χ1n) is 4.42. The maximum absolute atomic E-state index is 5.17. The first-order chi connectivity index (χ1) is 5.72. The first kappa shape index (κ1) is 11.5. The Labute approximate surface area is 75.7 Å². The zero-order valence-corrected chi connectivity index (χ0v) is 8.26. The molecule has 0 bridgehead atoms. The van der Waals surface area contributed by atoms with Crippen LogP contribution in [0.5, 0.6) is 0 Å². The maximum atomic E-state index is 5.17. The molecule has 0 fully saturated rings. The van der Waals surface area contributed by atoms with Crippen molar-refractivity contribution >= 4 is 0 Å². The van der Waals surface area contributed by atoms with Gasteiger partial charge in [-0.05, 0) is 26.8 Å². The van der Waals surface area contributed by atoms with Gasteiger partial charge < -0.3 is 10.1 Å². The Morgan fingerprint density at radius 3 is 2.67 bits per heavy atom. The minimum atomic E-state index is 0.260. The smallest absolute Gasteiger partial charge is 0.0693 e. The largest absolute Gasteiger partial charge is 0.380 e. The minimum absolute atomic E-state index is 0.260. The fourth-order valence-electron chi connectivity index (χ4n) is 0.890. The van der Waals surface area contributed by atoms with Crippen molar-refractivity contribution in [2.24, 2.45) is 0 Å². The number of unbranched alkanes of at least 4 members (excludes halogenated alkanes) is 1. The molecule has 0 spiro atoms. The molecule has 0 aliphatic carbocycles. The maximum Gasteiger partial charge on any atom is 0.0693 e. The molecular weight excluding hydrogens is 150 g/mol. The van der Waals surface area contributed by atoms with E-state index in [2.05, 4.69) is 25.1 Å². The molecule has 1 N–H and O–H groups in total. The van der Waals surface area contributed by atoms with Crippen LogP contribution in [0.4, 0.5) is 0 Å². The Kier molecular flexibility index (Phi) is 6.84. The van der Waals surface area contributed by atoms with Crippen LogP contribution in [-0.4, -0.2) is 25.8 Å². The number of methoxy groups -OCH3 is 1. The van der Waals surface area contributed by atoms with Gasteiger partial charge in [0.2, 0.25) is 0 Å². The van der Waals surface area contributed by atoms with Gasteiger partial charge in [-0.1, -0.05) is 0 Å². The second kappa shape index (κ2) is 7.15. The molecule has 0 heterocycles. The van der Waals surface area contributed by atoms with E-state index in [1.165, 1.54) is 0 Å². The standard InChI is InChI=1S/C10H19NO/c1-5-6-7-8-11-9(2)10(3)12-4/h1,9-11H,6-8H2,2-4H3. The van der Waals surface area contributed by atoms with Crippen molar-refractivity contribution < 1.29 is 4.74 Å². The van der Waals surface area contributed by atoms with Gasteiger partial charge >= 0.3 is 0 Å². The molecule has 70 valence electrons. The van der Waals surface area contributed by atoms with Gasteiger partial charge in [-0.3, -0.25) is 0 Å². The monoisotopic (exact) mass is 169 g/mol. The van der Waals surface area contributed by atoms with Crippen LogP contribution in [0.25, 0.3) is 0 Å². The van der Waals surface area contributed by atoms with Crippen molar-refractivity contribution in [3.8, 4) is 12.3 Å². The van der Waals surface area contributed by atoms with Crippen molar-refractivity contribution in [1.29, 1.82) is 0 Å². The zero-order valence-electron chi connectivity index (χ0n) is 8.26. The van der Waals surface area contributed by atoms with Gasteiger partial charge in [0.25, 0.3) is 0 Å². The van der Waals surface area contributed by atoms with E-state index < -0.39 is 0 Å². The molecule has 0 aliphatic rings. The number of nitrogens with one attached hydrogen (secondary N) is 1. The van der Waals surface area contributed by atoms with Gasteiger partial charge in [-0.15, -0.1) is 12.3 Å². The second-order valence-electron chi connectivity index (χ2n) is 2.99. The summed E-state index contributed by atoms with van der Waals surface area (Å²) < 4.78 is 5.17. The summed E-state index contributed by atoms with van der Waals surface area (Å²) in [5.41, 5.74) is 0. The molecule has 0 aromatic rings. The normalized spacial score (nSPS) is 15.2. The summed E-state index contributed by atoms with van der Waals surface area (Å²) in [6.45, 7) is 5.14. The lowest BCUT2D eigenvalue weighted by atomic mass is 10.2. The van der Waals surface area contributed by atoms with E-state index in [-0.39, 0.29) is 6.10 Å². The topological polar surface area (TPSA) is 21.3 Å². The number of terminal acetylenes is 1. The average molecular weight is 169 g/mol. The summed E-state index contributed by atoms with van der Waals surface area (Å²) in [7, 11) is 1.73. The fourth-order valence-corrected chi connectivity index (χ4v) is 0.890. The molecule has 0 aromatic heterocycles. The van der Waals surface area contributed by atoms with Crippen LogP contribution in [0.15, 0.2) is 0 Å². The van der Waals surface area contributed by atoms with Crippen LogP contribution < -0.4 is 5.32 Å². The highest BCUT2D eigenvalue weighted by Gasteiger charge is 2.08. The van der Waals surface area contributed by atoms with Gasteiger partial charge in [0.15, 0.2) is 0 Å². The lowest BCUT2D eigenvalue weighted by molar-refractivity contribution is 0.0888. The van der Waals surface area contributed by atoms with E-state index in [1.807, 2.05) is 0 Å². The Morgan fingerprint density at radius 1 is 1.50 bits per heavy atom. The lowest BCUT2D eigenvalue weighted by Gasteiger charge is -2.19. The van der Waals surface area contributed by atoms with Crippen LogP contribution >= 0.6 is 0 Å². The van der Waals surface area contributed by atoms with Gasteiger partial charge in [-0.2, -0.15) is 0 Å². The zero-order chi connectivity index (χ0) is 9.40. The van der Waals surface area contributed by atoms with E-state index in [1.54, 1.807) is 7.11 Å². The van der Waals surface area contributed by atoms with Crippen LogP contribution in [0, 0.1) is 12.3 Å². The Hall–Kier alpha value is -0.520. The van der Waals surface area contributed by atoms with Gasteiger partial charge in [-0.25, -0.2) is 0 Å². The van der Waals surface area contributed by atoms with Crippen molar-refractivity contribution in [2.75, 3.05) is 13.7 Å². The Bertz CT molecular complexity index is 139. The van der Waals surface area contributed by atoms with Crippen LogP contribution in [0.3, 0.4) is 0 Å². The summed E-state index contributed by atoms with van der Waals surface area (Å²) in [5, 5.41) is 3.35. The SMILES string of the molecule is C#CCCCNC(C)C(C)OC. The lowest BCUT2D eigenvalue weighted by Crippen LogP contribution is -2.37. The fraction of sp³-hybridized carbons (Fsp3) is 0.800. The summed E-state index contributed by atoms with van der Waals surface area (Å²) >= 11 is 0. The summed E-state index contributed by atoms with van der Waals surface area (Å²) in [6, 6.07) is 0.396. The molecule has 2 unspecified atom stereocenters. The van der Waals surface area contributed by atoms with E-state index >= 15 is 0 Å². The minimum Gasteiger partial charge on any atom is -0.380 e. The third-order valence-corrected chi connectivity index (χ3v) is 2.04. The molecule has 0 radical (unpaired) electrons. The summed E-state index contributed by atoms with van der Waals surface area (Å²) in [5.74, 6) is 2.61. The number of hydrogen-bond donors (Lipinski definition) is 1. The van der Waals surface area contributed by atoms with Crippen molar-refractivity contribution in [3.63, 3.8) is 0 Å². The Balaban J connectivity index is 3.32. The van der Waals surface area contributed by atoms with Crippen LogP contribution in [0.2, 0.25) is 0 Å². The molecule has 0 saturated heterocycles. The summed E-state index contributed by atoms with van der Waals surface area (Å²) in [4.78, 5) is 0. The van der Waals surface area contributed by atoms with E-state index in [0.717, 1.165) is 19.4 Å². The van der Waals surface area contributed by atoms with Gasteiger partial charge in [0.1, 0.15) is 0 Å². The molecule has 2 heteroatoms. The van der Waals surface area contributed by atoms with Gasteiger partial charge in [0, 0.05) is 19.6 Å². The molecule has 0 saturated carbocycles. The van der Waals surface area contributed by atoms with Crippen molar-refractivity contribution in [1.82, 2.24) is 5.32 Å². The number of ether oxygens (including phenoxy) is 1. The molecular formula is C10H19NO. The van der Waals surface area contributed by atoms with E-state index in [4.69, 9.17) is 11.2 Å². The predicted molar refractivity (Wildman–Crippen MR) is 52.0 cm³/mol.